The second kappa shape index (κ2) is 10.6. The Morgan fingerprint density at radius 2 is 1.86 bits per heavy atom. The first-order chi connectivity index (χ1) is 17.0. The third kappa shape index (κ3) is 5.70. The maximum Gasteiger partial charge on any atom is 0.326 e. The molecule has 2 atom stereocenters. The summed E-state index contributed by atoms with van der Waals surface area (Å²) in [6, 6.07) is 8.43. The first-order valence-corrected chi connectivity index (χ1v) is 13.1. The van der Waals surface area contributed by atoms with Crippen LogP contribution in [0, 0.1) is 6.92 Å². The van der Waals surface area contributed by atoms with Crippen molar-refractivity contribution in [3.8, 4) is 11.5 Å². The fourth-order valence-corrected chi connectivity index (χ4v) is 6.39. The highest BCUT2D eigenvalue weighted by molar-refractivity contribution is 7.89. The van der Waals surface area contributed by atoms with Gasteiger partial charge in [0.15, 0.2) is 5.82 Å². The number of carbonyl (C=O) groups excluding carboxylic acids is 1. The molecule has 1 amide bonds. The van der Waals surface area contributed by atoms with Crippen molar-refractivity contribution in [2.75, 3.05) is 6.54 Å². The molecule has 2 N–H and O–H groups in total. The van der Waals surface area contributed by atoms with Crippen LogP contribution < -0.4 is 5.32 Å². The van der Waals surface area contributed by atoms with Gasteiger partial charge in [-0.25, -0.2) is 13.2 Å². The number of carboxylic acid groups (broad SMARTS) is 1. The average Bonchev–Trinajstić information content (AvgIpc) is 3.48. The van der Waals surface area contributed by atoms with Crippen LogP contribution in [0.4, 0.5) is 0 Å². The summed E-state index contributed by atoms with van der Waals surface area (Å²) in [5.74, 6) is -1.10. The molecule has 0 spiro atoms. The fraction of sp³-hybridized carbons (Fsp3) is 0.304. The second-order valence-corrected chi connectivity index (χ2v) is 11.1. The lowest BCUT2D eigenvalue weighted by Gasteiger charge is -2.25. The van der Waals surface area contributed by atoms with Crippen LogP contribution >= 0.6 is 23.2 Å². The molecule has 13 heteroatoms. The Balaban J connectivity index is 1.48. The highest BCUT2D eigenvalue weighted by Crippen LogP contribution is 2.30. The van der Waals surface area contributed by atoms with Crippen LogP contribution in [0.2, 0.25) is 10.0 Å². The molecule has 0 bridgehead atoms. The number of amides is 1. The summed E-state index contributed by atoms with van der Waals surface area (Å²) in [7, 11) is -4.09. The summed E-state index contributed by atoms with van der Waals surface area (Å²) in [4.78, 5) is 29.0. The summed E-state index contributed by atoms with van der Waals surface area (Å²) in [5, 5.41) is 16.2. The summed E-state index contributed by atoms with van der Waals surface area (Å²) in [6.07, 6.45) is 0.692. The summed E-state index contributed by atoms with van der Waals surface area (Å²) < 4.78 is 32.6. The molecule has 0 saturated carbocycles. The number of nitrogens with zero attached hydrogens (tertiary/aromatic N) is 3. The molecule has 0 unspecified atom stereocenters. The van der Waals surface area contributed by atoms with Crippen LogP contribution in [0.15, 0.2) is 51.9 Å². The molecule has 1 aliphatic heterocycles. The molecular formula is C23H22Cl2N4O6S. The van der Waals surface area contributed by atoms with E-state index in [-0.39, 0.29) is 34.3 Å². The van der Waals surface area contributed by atoms with Gasteiger partial charge in [-0.05, 0) is 55.7 Å². The Morgan fingerprint density at radius 3 is 2.44 bits per heavy atom. The van der Waals surface area contributed by atoms with Gasteiger partial charge in [0.25, 0.3) is 5.89 Å². The highest BCUT2D eigenvalue weighted by atomic mass is 35.5. The quantitative estimate of drug-likeness (QED) is 0.433. The van der Waals surface area contributed by atoms with E-state index in [4.69, 9.17) is 27.7 Å². The molecule has 190 valence electrons. The van der Waals surface area contributed by atoms with Gasteiger partial charge in [0.05, 0.1) is 4.90 Å². The first kappa shape index (κ1) is 26.1. The van der Waals surface area contributed by atoms with Gasteiger partial charge in [-0.2, -0.15) is 9.29 Å². The van der Waals surface area contributed by atoms with Crippen molar-refractivity contribution >= 4 is 45.1 Å². The number of rotatable bonds is 8. The number of hydrogen-bond donors (Lipinski definition) is 2. The number of carbonyl (C=O) groups is 2. The Labute approximate surface area is 217 Å². The van der Waals surface area contributed by atoms with Crippen molar-refractivity contribution in [2.24, 2.45) is 0 Å². The summed E-state index contributed by atoms with van der Waals surface area (Å²) in [6.45, 7) is 1.81. The largest absolute Gasteiger partial charge is 0.480 e. The summed E-state index contributed by atoms with van der Waals surface area (Å²) >= 11 is 11.9. The minimum absolute atomic E-state index is 0.00636. The van der Waals surface area contributed by atoms with E-state index in [1.165, 1.54) is 18.2 Å². The van der Waals surface area contributed by atoms with Gasteiger partial charge in [0.2, 0.25) is 15.9 Å². The molecule has 36 heavy (non-hydrogen) atoms. The molecule has 1 saturated heterocycles. The molecular weight excluding hydrogens is 531 g/mol. The van der Waals surface area contributed by atoms with E-state index in [0.717, 1.165) is 4.31 Å². The number of aromatic nitrogens is 2. The van der Waals surface area contributed by atoms with Gasteiger partial charge in [0.1, 0.15) is 12.1 Å². The SMILES string of the molecule is Cc1noc(-c2ccc(C[C@H](NC(=O)[C@@H]3CCCN3S(=O)(=O)c3cc(Cl)cc(Cl)c3)C(=O)O)cc2)n1. The van der Waals surface area contributed by atoms with E-state index in [2.05, 4.69) is 15.5 Å². The van der Waals surface area contributed by atoms with Crippen molar-refractivity contribution in [2.45, 2.75) is 43.2 Å². The standard InChI is InChI=1S/C23H22Cl2N4O6S/c1-13-26-22(35-28-13)15-6-4-14(5-7-15)9-19(23(31)32)27-21(30)20-3-2-8-29(20)36(33,34)18-11-16(24)10-17(25)12-18/h4-7,10-12,19-20H,2-3,8-9H2,1H3,(H,27,30)(H,31,32)/t19-,20-/m0/s1. The molecule has 3 aromatic rings. The Kier molecular flexibility index (Phi) is 7.65. The third-order valence-electron chi connectivity index (χ3n) is 5.73. The zero-order valence-electron chi connectivity index (χ0n) is 19.0. The van der Waals surface area contributed by atoms with Crippen molar-refractivity contribution in [1.82, 2.24) is 19.8 Å². The van der Waals surface area contributed by atoms with Gasteiger partial charge in [-0.15, -0.1) is 0 Å². The van der Waals surface area contributed by atoms with Crippen LogP contribution in [0.25, 0.3) is 11.5 Å². The first-order valence-electron chi connectivity index (χ1n) is 11.0. The lowest BCUT2D eigenvalue weighted by Crippen LogP contribution is -2.51. The summed E-state index contributed by atoms with van der Waals surface area (Å²) in [5.41, 5.74) is 1.32. The number of nitrogens with one attached hydrogen (secondary N) is 1. The minimum Gasteiger partial charge on any atom is -0.480 e. The van der Waals surface area contributed by atoms with Crippen molar-refractivity contribution in [3.05, 3.63) is 63.9 Å². The van der Waals surface area contributed by atoms with E-state index < -0.39 is 34.0 Å². The lowest BCUT2D eigenvalue weighted by molar-refractivity contribution is -0.142. The van der Waals surface area contributed by atoms with Gasteiger partial charge in [0, 0.05) is 28.6 Å². The van der Waals surface area contributed by atoms with Crippen molar-refractivity contribution < 1.29 is 27.6 Å². The third-order valence-corrected chi connectivity index (χ3v) is 8.05. The predicted octanol–water partition coefficient (Wildman–Crippen LogP) is 3.32. The maximum atomic E-state index is 13.2. The molecule has 10 nitrogen and oxygen atoms in total. The minimum atomic E-state index is -4.09. The number of carboxylic acids is 1. The van der Waals surface area contributed by atoms with E-state index >= 15 is 0 Å². The number of sulfonamides is 1. The second-order valence-electron chi connectivity index (χ2n) is 8.33. The Morgan fingerprint density at radius 1 is 1.19 bits per heavy atom. The van der Waals surface area contributed by atoms with Gasteiger partial charge >= 0.3 is 5.97 Å². The topological polar surface area (TPSA) is 143 Å². The van der Waals surface area contributed by atoms with E-state index in [1.807, 2.05) is 0 Å². The van der Waals surface area contributed by atoms with Crippen LogP contribution in [0.1, 0.15) is 24.2 Å². The molecule has 2 heterocycles. The number of benzene rings is 2. The van der Waals surface area contributed by atoms with Crippen molar-refractivity contribution in [3.63, 3.8) is 0 Å². The molecule has 1 aliphatic rings. The molecule has 1 fully saturated rings. The van der Waals surface area contributed by atoms with Gasteiger partial charge in [-0.3, -0.25) is 4.79 Å². The lowest BCUT2D eigenvalue weighted by atomic mass is 10.0. The normalized spacial score (nSPS) is 17.1. The Bertz CT molecular complexity index is 1370. The smallest absolute Gasteiger partial charge is 0.326 e. The zero-order valence-corrected chi connectivity index (χ0v) is 21.3. The average molecular weight is 553 g/mol. The van der Waals surface area contributed by atoms with Crippen molar-refractivity contribution in [1.29, 1.82) is 0 Å². The number of hydrogen-bond acceptors (Lipinski definition) is 7. The van der Waals surface area contributed by atoms with Crippen LogP contribution in [0.3, 0.4) is 0 Å². The van der Waals surface area contributed by atoms with E-state index in [1.54, 1.807) is 31.2 Å². The molecule has 4 rings (SSSR count). The molecule has 2 aromatic carbocycles. The monoisotopic (exact) mass is 552 g/mol. The predicted molar refractivity (Wildman–Crippen MR) is 131 cm³/mol. The molecule has 0 aliphatic carbocycles. The van der Waals surface area contributed by atoms with Crippen LogP contribution in [-0.2, 0) is 26.0 Å². The number of aryl methyl sites for hydroxylation is 1. The Hall–Kier alpha value is -2.99. The van der Waals surface area contributed by atoms with Crippen LogP contribution in [0.5, 0.6) is 0 Å². The number of halogens is 2. The van der Waals surface area contributed by atoms with Gasteiger partial charge in [-0.1, -0.05) is 40.5 Å². The zero-order chi connectivity index (χ0) is 26.0. The number of aliphatic carboxylic acids is 1. The highest BCUT2D eigenvalue weighted by Gasteiger charge is 2.40. The van der Waals surface area contributed by atoms with Gasteiger partial charge < -0.3 is 14.9 Å². The van der Waals surface area contributed by atoms with E-state index in [9.17, 15) is 23.1 Å². The molecule has 0 radical (unpaired) electrons. The van der Waals surface area contributed by atoms with E-state index in [0.29, 0.717) is 29.3 Å². The van der Waals surface area contributed by atoms with Crippen LogP contribution in [-0.4, -0.2) is 58.5 Å². The molecule has 1 aromatic heterocycles. The maximum absolute atomic E-state index is 13.2. The fourth-order valence-electron chi connectivity index (χ4n) is 4.00.